The number of nitrogens with zero attached hydrogens (tertiary/aromatic N) is 2. The highest BCUT2D eigenvalue weighted by atomic mass is 16.5. The number of rotatable bonds is 2. The summed E-state index contributed by atoms with van der Waals surface area (Å²) in [5, 5.41) is 9.47. The molecule has 1 aliphatic heterocycles. The zero-order valence-corrected chi connectivity index (χ0v) is 16.5. The summed E-state index contributed by atoms with van der Waals surface area (Å²) in [6.45, 7) is 6.05. The van der Waals surface area contributed by atoms with Crippen LogP contribution in [0.25, 0.3) is 0 Å². The van der Waals surface area contributed by atoms with E-state index in [2.05, 4.69) is 62.2 Å². The second-order valence-electron chi connectivity index (χ2n) is 8.98. The van der Waals surface area contributed by atoms with Gasteiger partial charge in [-0.3, -0.25) is 0 Å². The van der Waals surface area contributed by atoms with Crippen LogP contribution in [0.5, 0.6) is 5.75 Å². The van der Waals surface area contributed by atoms with Gasteiger partial charge < -0.3 is 9.64 Å². The van der Waals surface area contributed by atoms with Gasteiger partial charge in [0, 0.05) is 23.4 Å². The number of methoxy groups -OCH3 is 1. The molecule has 138 valence electrons. The number of hydrogen-bond donors (Lipinski definition) is 0. The van der Waals surface area contributed by atoms with Crippen molar-refractivity contribution in [2.75, 3.05) is 20.7 Å². The average Bonchev–Trinajstić information content (AvgIpc) is 3.08. The van der Waals surface area contributed by atoms with Crippen molar-refractivity contribution in [1.29, 1.82) is 5.26 Å². The van der Waals surface area contributed by atoms with Crippen molar-refractivity contribution >= 4 is 0 Å². The van der Waals surface area contributed by atoms with Crippen molar-refractivity contribution < 1.29 is 4.74 Å². The predicted molar refractivity (Wildman–Crippen MR) is 106 cm³/mol. The maximum atomic E-state index is 9.47. The SMILES string of the molecule is COc1ccc2c(c1)[C@@]1(C)C3CN(C)[C@H](C3C2)[C@@]1(C)c1cccc(C#N)c1. The van der Waals surface area contributed by atoms with Gasteiger partial charge in [-0.2, -0.15) is 5.26 Å². The number of fused-ring (bicyclic) bond motifs is 2. The highest BCUT2D eigenvalue weighted by molar-refractivity contribution is 5.55. The van der Waals surface area contributed by atoms with Crippen molar-refractivity contribution in [3.05, 3.63) is 64.7 Å². The zero-order valence-electron chi connectivity index (χ0n) is 16.5. The van der Waals surface area contributed by atoms with E-state index in [-0.39, 0.29) is 10.8 Å². The van der Waals surface area contributed by atoms with Gasteiger partial charge >= 0.3 is 0 Å². The molecule has 0 aromatic heterocycles. The van der Waals surface area contributed by atoms with Crippen LogP contribution in [-0.2, 0) is 17.3 Å². The first-order valence-corrected chi connectivity index (χ1v) is 9.83. The summed E-state index contributed by atoms with van der Waals surface area (Å²) in [7, 11) is 4.03. The first-order valence-electron chi connectivity index (χ1n) is 9.83. The van der Waals surface area contributed by atoms with Crippen LogP contribution in [0.15, 0.2) is 42.5 Å². The molecule has 0 spiro atoms. The Labute approximate surface area is 161 Å². The van der Waals surface area contributed by atoms with Crippen molar-refractivity contribution in [3.63, 3.8) is 0 Å². The molecule has 1 saturated heterocycles. The monoisotopic (exact) mass is 358 g/mol. The van der Waals surface area contributed by atoms with Crippen LogP contribution in [0.1, 0.15) is 36.1 Å². The normalized spacial score (nSPS) is 36.3. The lowest BCUT2D eigenvalue weighted by atomic mass is 9.54. The van der Waals surface area contributed by atoms with Gasteiger partial charge in [0.1, 0.15) is 5.75 Å². The third-order valence-corrected chi connectivity index (χ3v) is 8.22. The van der Waals surface area contributed by atoms with Gasteiger partial charge in [0.25, 0.3) is 0 Å². The Bertz CT molecular complexity index is 977. The third kappa shape index (κ3) is 1.85. The fourth-order valence-electron chi connectivity index (χ4n) is 6.99. The number of benzene rings is 2. The molecule has 4 bridgehead atoms. The maximum absolute atomic E-state index is 9.47. The van der Waals surface area contributed by atoms with Crippen molar-refractivity contribution in [2.24, 2.45) is 11.8 Å². The third-order valence-electron chi connectivity index (χ3n) is 8.22. The number of nitriles is 1. The lowest BCUT2D eigenvalue weighted by Crippen LogP contribution is -2.58. The topological polar surface area (TPSA) is 36.3 Å². The summed E-state index contributed by atoms with van der Waals surface area (Å²) in [6, 6.07) is 17.8. The molecule has 2 unspecified atom stereocenters. The highest BCUT2D eigenvalue weighted by Crippen LogP contribution is 2.68. The van der Waals surface area contributed by atoms with Crippen LogP contribution in [0.3, 0.4) is 0 Å². The summed E-state index contributed by atoms with van der Waals surface area (Å²) in [6.07, 6.45) is 1.14. The molecule has 2 aromatic rings. The quantitative estimate of drug-likeness (QED) is 0.817. The Morgan fingerprint density at radius 3 is 2.70 bits per heavy atom. The Balaban J connectivity index is 1.79. The summed E-state index contributed by atoms with van der Waals surface area (Å²) in [5.41, 5.74) is 4.96. The highest BCUT2D eigenvalue weighted by Gasteiger charge is 2.72. The smallest absolute Gasteiger partial charge is 0.119 e. The van der Waals surface area contributed by atoms with Crippen LogP contribution >= 0.6 is 0 Å². The summed E-state index contributed by atoms with van der Waals surface area (Å²) < 4.78 is 5.59. The predicted octanol–water partition coefficient (Wildman–Crippen LogP) is 3.90. The van der Waals surface area contributed by atoms with Crippen LogP contribution in [0.4, 0.5) is 0 Å². The van der Waals surface area contributed by atoms with Gasteiger partial charge in [0.05, 0.1) is 18.7 Å². The van der Waals surface area contributed by atoms with Crippen molar-refractivity contribution in [2.45, 2.75) is 37.1 Å². The minimum Gasteiger partial charge on any atom is -0.497 e. The summed E-state index contributed by atoms with van der Waals surface area (Å²) in [5.74, 6) is 2.23. The van der Waals surface area contributed by atoms with Crippen LogP contribution in [0.2, 0.25) is 0 Å². The number of likely N-dealkylation sites (N-methyl/N-ethyl adjacent to an activating group) is 1. The van der Waals surface area contributed by atoms with Gasteiger partial charge in [0.2, 0.25) is 0 Å². The van der Waals surface area contributed by atoms with Gasteiger partial charge in [-0.25, -0.2) is 0 Å². The molecule has 0 radical (unpaired) electrons. The molecular weight excluding hydrogens is 332 g/mol. The van der Waals surface area contributed by atoms with Gasteiger partial charge in [-0.05, 0) is 66.3 Å². The Morgan fingerprint density at radius 1 is 1.15 bits per heavy atom. The molecule has 2 aromatic carbocycles. The minimum atomic E-state index is -0.0419. The maximum Gasteiger partial charge on any atom is 0.119 e. The number of hydrogen-bond acceptors (Lipinski definition) is 3. The zero-order chi connectivity index (χ0) is 19.0. The first-order chi connectivity index (χ1) is 12.9. The molecule has 3 heteroatoms. The van der Waals surface area contributed by atoms with Gasteiger partial charge in [0.15, 0.2) is 0 Å². The van der Waals surface area contributed by atoms with Crippen LogP contribution in [-0.4, -0.2) is 31.6 Å². The Kier molecular flexibility index (Phi) is 3.34. The number of piperidine rings is 1. The number of likely N-dealkylation sites (tertiary alicyclic amines) is 1. The van der Waals surface area contributed by atoms with Crippen molar-refractivity contribution in [1.82, 2.24) is 4.90 Å². The summed E-state index contributed by atoms with van der Waals surface area (Å²) >= 11 is 0. The van der Waals surface area contributed by atoms with Gasteiger partial charge in [-0.1, -0.05) is 32.0 Å². The molecule has 1 heterocycles. The van der Waals surface area contributed by atoms with E-state index < -0.39 is 0 Å². The Morgan fingerprint density at radius 2 is 1.96 bits per heavy atom. The van der Waals surface area contributed by atoms with Crippen molar-refractivity contribution in [3.8, 4) is 11.8 Å². The largest absolute Gasteiger partial charge is 0.497 e. The van der Waals surface area contributed by atoms with E-state index in [9.17, 15) is 5.26 Å². The molecule has 5 atom stereocenters. The van der Waals surface area contributed by atoms with E-state index >= 15 is 0 Å². The lowest BCUT2D eigenvalue weighted by molar-refractivity contribution is 0.0889. The van der Waals surface area contributed by atoms with E-state index in [4.69, 9.17) is 4.74 Å². The molecule has 3 nitrogen and oxygen atoms in total. The fraction of sp³-hybridized carbons (Fsp3) is 0.458. The molecule has 3 aliphatic rings. The fourth-order valence-corrected chi connectivity index (χ4v) is 6.99. The molecule has 2 fully saturated rings. The molecule has 5 rings (SSSR count). The lowest BCUT2D eigenvalue weighted by Gasteiger charge is -2.53. The first kappa shape index (κ1) is 16.8. The van der Waals surface area contributed by atoms with E-state index in [1.165, 1.54) is 16.7 Å². The van der Waals surface area contributed by atoms with Gasteiger partial charge in [-0.15, -0.1) is 0 Å². The average molecular weight is 358 g/mol. The number of ether oxygens (including phenoxy) is 1. The molecule has 1 saturated carbocycles. The van der Waals surface area contributed by atoms with E-state index in [0.29, 0.717) is 17.9 Å². The Hall–Kier alpha value is -2.31. The minimum absolute atomic E-state index is 0.0328. The molecular formula is C24H26N2O. The second kappa shape index (κ2) is 5.36. The van der Waals surface area contributed by atoms with Crippen LogP contribution in [0, 0.1) is 23.2 Å². The van der Waals surface area contributed by atoms with Crippen LogP contribution < -0.4 is 4.74 Å². The molecule has 0 N–H and O–H groups in total. The molecule has 27 heavy (non-hydrogen) atoms. The molecule has 0 amide bonds. The van der Waals surface area contributed by atoms with E-state index in [0.717, 1.165) is 24.3 Å². The van der Waals surface area contributed by atoms with E-state index in [1.54, 1.807) is 7.11 Å². The standard InChI is InChI=1S/C24H26N2O/c1-23(17-7-5-6-15(10-17)13-25)22-19-11-16-8-9-18(27-4)12-20(16)24(23,2)21(19)14-26(22)3/h5-10,12,19,21-22H,11,14H2,1-4H3/t19?,21?,22-,23-,24+/m1/s1. The van der Waals surface area contributed by atoms with E-state index in [1.807, 2.05) is 12.1 Å². The molecule has 2 aliphatic carbocycles. The second-order valence-corrected chi connectivity index (χ2v) is 8.98. The summed E-state index contributed by atoms with van der Waals surface area (Å²) in [4.78, 5) is 2.57.